The summed E-state index contributed by atoms with van der Waals surface area (Å²) in [6, 6.07) is 4.01. The monoisotopic (exact) mass is 727 g/mol. The lowest BCUT2D eigenvalue weighted by atomic mass is 9.86. The summed E-state index contributed by atoms with van der Waals surface area (Å²) in [5.74, 6) is -0.323. The molecule has 2 aromatic carbocycles. The van der Waals surface area contributed by atoms with Crippen LogP contribution in [0.15, 0.2) is 41.3 Å². The summed E-state index contributed by atoms with van der Waals surface area (Å²) in [4.78, 5) is 42.0. The SMILES string of the molecule is CC#Cc1cc(-c2c(C)cccc2C)c(F)c([C@H](CC(=O)O)NC(=O)[C@H](CC(C)C)n2cc(C3CCN(C(C)C)CC3)c(C(F)(F)F)cc2=O)c1F. The fraction of sp³-hybridized carbons (Fsp3) is 0.475. The predicted molar refractivity (Wildman–Crippen MR) is 190 cm³/mol. The number of nitrogens with one attached hydrogen (secondary N) is 1. The molecule has 12 heteroatoms. The Morgan fingerprint density at radius 1 is 1.02 bits per heavy atom. The third-order valence-corrected chi connectivity index (χ3v) is 9.74. The van der Waals surface area contributed by atoms with Gasteiger partial charge in [0.1, 0.15) is 17.7 Å². The fourth-order valence-corrected chi connectivity index (χ4v) is 7.18. The average molecular weight is 728 g/mol. The van der Waals surface area contributed by atoms with Crippen LogP contribution in [0.5, 0.6) is 0 Å². The molecule has 1 aromatic heterocycles. The van der Waals surface area contributed by atoms with Crippen LogP contribution in [0.1, 0.15) is 112 Å². The molecule has 4 rings (SSSR count). The first kappa shape index (κ1) is 40.3. The molecular weight excluding hydrogens is 681 g/mol. The minimum absolute atomic E-state index is 0.0396. The van der Waals surface area contributed by atoms with Crippen molar-refractivity contribution in [3.05, 3.63) is 91.9 Å². The van der Waals surface area contributed by atoms with Crippen molar-refractivity contribution >= 4 is 11.9 Å². The molecule has 2 heterocycles. The van der Waals surface area contributed by atoms with Crippen LogP contribution in [0.25, 0.3) is 11.1 Å². The Morgan fingerprint density at radius 3 is 2.15 bits per heavy atom. The number of pyridine rings is 1. The van der Waals surface area contributed by atoms with Crippen molar-refractivity contribution in [1.29, 1.82) is 0 Å². The van der Waals surface area contributed by atoms with Gasteiger partial charge in [0, 0.05) is 29.4 Å². The van der Waals surface area contributed by atoms with Crippen molar-refractivity contribution < 1.29 is 36.6 Å². The Kier molecular flexibility index (Phi) is 12.7. The number of aryl methyl sites for hydroxylation is 2. The third-order valence-electron chi connectivity index (χ3n) is 9.74. The number of carboxylic acid groups (broad SMARTS) is 1. The Morgan fingerprint density at radius 2 is 1.63 bits per heavy atom. The van der Waals surface area contributed by atoms with E-state index in [9.17, 15) is 32.7 Å². The van der Waals surface area contributed by atoms with E-state index < -0.39 is 70.8 Å². The van der Waals surface area contributed by atoms with Gasteiger partial charge in [0.25, 0.3) is 5.56 Å². The number of amides is 1. The second kappa shape index (κ2) is 16.4. The van der Waals surface area contributed by atoms with E-state index in [4.69, 9.17) is 0 Å². The zero-order valence-electron chi connectivity index (χ0n) is 30.5. The van der Waals surface area contributed by atoms with Gasteiger partial charge in [-0.05, 0) is 107 Å². The highest BCUT2D eigenvalue weighted by atomic mass is 19.4. The first-order valence-corrected chi connectivity index (χ1v) is 17.5. The molecule has 0 radical (unpaired) electrons. The fourth-order valence-electron chi connectivity index (χ4n) is 7.18. The number of aliphatic carboxylic acids is 1. The number of aromatic nitrogens is 1. The summed E-state index contributed by atoms with van der Waals surface area (Å²) in [5, 5.41) is 12.4. The number of carboxylic acids is 1. The molecule has 1 saturated heterocycles. The van der Waals surface area contributed by atoms with Crippen LogP contribution in [-0.2, 0) is 15.8 Å². The topological polar surface area (TPSA) is 91.6 Å². The Bertz CT molecular complexity index is 1910. The number of alkyl halides is 3. The summed E-state index contributed by atoms with van der Waals surface area (Å²) in [6.07, 6.45) is -3.91. The lowest BCUT2D eigenvalue weighted by molar-refractivity contribution is -0.139. The highest BCUT2D eigenvalue weighted by Gasteiger charge is 2.39. The Hall–Kier alpha value is -4.50. The molecule has 52 heavy (non-hydrogen) atoms. The van der Waals surface area contributed by atoms with Gasteiger partial charge in [-0.2, -0.15) is 13.2 Å². The van der Waals surface area contributed by atoms with Crippen molar-refractivity contribution in [1.82, 2.24) is 14.8 Å². The van der Waals surface area contributed by atoms with Crippen molar-refractivity contribution in [3.63, 3.8) is 0 Å². The van der Waals surface area contributed by atoms with E-state index in [2.05, 4.69) is 22.1 Å². The molecule has 2 atom stereocenters. The zero-order chi connectivity index (χ0) is 38.7. The molecule has 0 spiro atoms. The van der Waals surface area contributed by atoms with Gasteiger partial charge in [-0.1, -0.05) is 38.0 Å². The maximum atomic E-state index is 16.6. The molecule has 0 bridgehead atoms. The second-order valence-electron chi connectivity index (χ2n) is 14.2. The highest BCUT2D eigenvalue weighted by Crippen LogP contribution is 2.40. The van der Waals surface area contributed by atoms with Gasteiger partial charge < -0.3 is 19.9 Å². The second-order valence-corrected chi connectivity index (χ2v) is 14.2. The number of nitrogens with zero attached hydrogens (tertiary/aromatic N) is 2. The molecule has 1 amide bonds. The number of piperidine rings is 1. The molecule has 1 fully saturated rings. The number of halogens is 5. The summed E-state index contributed by atoms with van der Waals surface area (Å²) >= 11 is 0. The Labute approximate surface area is 301 Å². The van der Waals surface area contributed by atoms with Gasteiger partial charge in [0.15, 0.2) is 0 Å². The van der Waals surface area contributed by atoms with Gasteiger partial charge in [-0.25, -0.2) is 8.78 Å². The van der Waals surface area contributed by atoms with Crippen LogP contribution in [0.4, 0.5) is 22.0 Å². The van der Waals surface area contributed by atoms with Crippen molar-refractivity contribution in [3.8, 4) is 23.0 Å². The van der Waals surface area contributed by atoms with E-state index in [1.165, 1.54) is 13.0 Å². The van der Waals surface area contributed by atoms with Gasteiger partial charge >= 0.3 is 12.1 Å². The number of benzene rings is 2. The molecule has 0 saturated carbocycles. The van der Waals surface area contributed by atoms with Gasteiger partial charge in [-0.15, -0.1) is 5.92 Å². The van der Waals surface area contributed by atoms with E-state index in [0.717, 1.165) is 10.8 Å². The minimum Gasteiger partial charge on any atom is -0.481 e. The summed E-state index contributed by atoms with van der Waals surface area (Å²) < 4.78 is 76.9. The maximum absolute atomic E-state index is 16.6. The van der Waals surface area contributed by atoms with Crippen LogP contribution < -0.4 is 10.9 Å². The maximum Gasteiger partial charge on any atom is 0.416 e. The van der Waals surface area contributed by atoms with Crippen LogP contribution in [0.3, 0.4) is 0 Å². The number of rotatable bonds is 11. The van der Waals surface area contributed by atoms with Crippen LogP contribution in [-0.4, -0.2) is 45.6 Å². The first-order chi connectivity index (χ1) is 24.3. The van der Waals surface area contributed by atoms with Crippen molar-refractivity contribution in [2.24, 2.45) is 5.92 Å². The van der Waals surface area contributed by atoms with E-state index in [-0.39, 0.29) is 35.1 Å². The van der Waals surface area contributed by atoms with Crippen molar-refractivity contribution in [2.75, 3.05) is 13.1 Å². The van der Waals surface area contributed by atoms with Crippen LogP contribution in [0, 0.1) is 43.2 Å². The highest BCUT2D eigenvalue weighted by molar-refractivity contribution is 5.82. The molecule has 1 aliphatic rings. The molecule has 280 valence electrons. The van der Waals surface area contributed by atoms with Gasteiger partial charge in [-0.3, -0.25) is 14.4 Å². The third kappa shape index (κ3) is 8.92. The quantitative estimate of drug-likeness (QED) is 0.153. The van der Waals surface area contributed by atoms with Crippen LogP contribution in [0.2, 0.25) is 0 Å². The standard InChI is InChI=1S/C40H46F5N3O4/c1-8-10-27-18-28(35-24(6)11-9-12-25(35)7)38(42)36(37(27)41)31(20-34(50)51)46-39(52)32(17-22(2)3)48-21-29(30(19-33(48)49)40(43,44)45)26-13-15-47(16-14-26)23(4)5/h9,11-12,18-19,21-23,26,31-32H,13-17,20H2,1-7H3,(H,46,52)(H,50,51)/t31-,32-/m0/s1. The van der Waals surface area contributed by atoms with Gasteiger partial charge in [0.05, 0.1) is 23.6 Å². The number of hydrogen-bond donors (Lipinski definition) is 2. The molecule has 7 nitrogen and oxygen atoms in total. The first-order valence-electron chi connectivity index (χ1n) is 17.5. The summed E-state index contributed by atoms with van der Waals surface area (Å²) in [7, 11) is 0. The molecule has 2 N–H and O–H groups in total. The molecule has 1 aliphatic heterocycles. The van der Waals surface area contributed by atoms with Crippen LogP contribution >= 0.6 is 0 Å². The van der Waals surface area contributed by atoms with Crippen molar-refractivity contribution in [2.45, 2.75) is 104 Å². The van der Waals surface area contributed by atoms with E-state index in [1.54, 1.807) is 45.9 Å². The largest absolute Gasteiger partial charge is 0.481 e. The molecular formula is C40H46F5N3O4. The predicted octanol–water partition coefficient (Wildman–Crippen LogP) is 8.31. The number of hydrogen-bond acceptors (Lipinski definition) is 4. The smallest absolute Gasteiger partial charge is 0.416 e. The molecule has 3 aromatic rings. The minimum atomic E-state index is -4.83. The lowest BCUT2D eigenvalue weighted by Gasteiger charge is -2.36. The summed E-state index contributed by atoms with van der Waals surface area (Å²) in [6.45, 7) is 13.5. The normalized spacial score (nSPS) is 15.3. The number of carbonyl (C=O) groups excluding carboxylic acids is 1. The molecule has 0 unspecified atom stereocenters. The number of likely N-dealkylation sites (tertiary alicyclic amines) is 1. The average Bonchev–Trinajstić information content (AvgIpc) is 3.05. The Balaban J connectivity index is 1.87. The summed E-state index contributed by atoms with van der Waals surface area (Å²) in [5.41, 5.74) is -1.48. The van der Waals surface area contributed by atoms with E-state index >= 15 is 8.78 Å². The zero-order valence-corrected chi connectivity index (χ0v) is 30.5. The number of carbonyl (C=O) groups is 2. The van der Waals surface area contributed by atoms with E-state index in [0.29, 0.717) is 48.7 Å². The van der Waals surface area contributed by atoms with Gasteiger partial charge in [0.2, 0.25) is 5.91 Å². The van der Waals surface area contributed by atoms with E-state index in [1.807, 2.05) is 13.8 Å². The lowest BCUT2D eigenvalue weighted by Crippen LogP contribution is -2.41. The molecule has 0 aliphatic carbocycles.